The molecular weight excluding hydrogens is 240 g/mol. The third-order valence-corrected chi connectivity index (χ3v) is 3.75. The number of nitrogens with one attached hydrogen (secondary N) is 1. The number of carboxylic acid groups (broad SMARTS) is 1. The fourth-order valence-corrected chi connectivity index (χ4v) is 2.63. The second-order valence-corrected chi connectivity index (χ2v) is 5.42. The number of carboxylic acids is 1. The Balaban J connectivity index is 2.08. The minimum Gasteiger partial charge on any atom is -0.481 e. The zero-order valence-electron chi connectivity index (χ0n) is 11.6. The van der Waals surface area contributed by atoms with Gasteiger partial charge in [0.05, 0.1) is 6.42 Å². The molecule has 1 aromatic carbocycles. The molecule has 4 nitrogen and oxygen atoms in total. The average molecular weight is 262 g/mol. The molecule has 1 aromatic rings. The number of aryl methyl sites for hydroxylation is 1. The van der Waals surface area contributed by atoms with Crippen molar-refractivity contribution >= 4 is 5.97 Å². The molecule has 1 aliphatic rings. The van der Waals surface area contributed by atoms with Crippen molar-refractivity contribution in [1.82, 2.24) is 10.2 Å². The molecule has 0 aromatic heterocycles. The molecule has 1 saturated heterocycles. The number of rotatable bonds is 4. The molecule has 1 aliphatic heterocycles. The van der Waals surface area contributed by atoms with Crippen LogP contribution in [0.15, 0.2) is 24.3 Å². The molecule has 0 bridgehead atoms. The van der Waals surface area contributed by atoms with E-state index in [0.29, 0.717) is 6.04 Å². The highest BCUT2D eigenvalue weighted by Gasteiger charge is 2.29. The van der Waals surface area contributed by atoms with Gasteiger partial charge >= 0.3 is 5.97 Å². The van der Waals surface area contributed by atoms with Crippen molar-refractivity contribution in [2.24, 2.45) is 0 Å². The average Bonchev–Trinajstić information content (AvgIpc) is 2.35. The third-order valence-electron chi connectivity index (χ3n) is 3.75. The Kier molecular flexibility index (Phi) is 4.56. The lowest BCUT2D eigenvalue weighted by Gasteiger charge is -2.40. The zero-order valence-corrected chi connectivity index (χ0v) is 11.6. The monoisotopic (exact) mass is 262 g/mol. The van der Waals surface area contributed by atoms with Crippen molar-refractivity contribution in [3.05, 3.63) is 35.4 Å². The van der Waals surface area contributed by atoms with Crippen LogP contribution in [0.4, 0.5) is 0 Å². The maximum Gasteiger partial charge on any atom is 0.304 e. The predicted octanol–water partition coefficient (Wildman–Crippen LogP) is 1.63. The smallest absolute Gasteiger partial charge is 0.304 e. The van der Waals surface area contributed by atoms with E-state index in [1.807, 2.05) is 0 Å². The van der Waals surface area contributed by atoms with Crippen molar-refractivity contribution in [2.75, 3.05) is 13.1 Å². The molecule has 0 saturated carbocycles. The second kappa shape index (κ2) is 6.17. The minimum atomic E-state index is -0.727. The zero-order chi connectivity index (χ0) is 13.8. The van der Waals surface area contributed by atoms with Crippen LogP contribution in [0.3, 0.4) is 0 Å². The van der Waals surface area contributed by atoms with Crippen LogP contribution in [0.2, 0.25) is 0 Å². The molecule has 0 radical (unpaired) electrons. The molecule has 0 spiro atoms. The van der Waals surface area contributed by atoms with Gasteiger partial charge < -0.3 is 10.4 Å². The molecule has 0 aliphatic carbocycles. The van der Waals surface area contributed by atoms with Gasteiger partial charge in [0.2, 0.25) is 0 Å². The maximum absolute atomic E-state index is 11.0. The Morgan fingerprint density at radius 2 is 2.05 bits per heavy atom. The number of hydrogen-bond donors (Lipinski definition) is 2. The number of hydrogen-bond acceptors (Lipinski definition) is 3. The Bertz CT molecular complexity index is 430. The number of carbonyl (C=O) groups is 1. The Labute approximate surface area is 114 Å². The molecule has 0 amide bonds. The van der Waals surface area contributed by atoms with Gasteiger partial charge in [0.1, 0.15) is 0 Å². The first-order chi connectivity index (χ1) is 9.06. The van der Waals surface area contributed by atoms with E-state index in [1.54, 1.807) is 0 Å². The molecule has 104 valence electrons. The Hall–Kier alpha value is -1.39. The van der Waals surface area contributed by atoms with E-state index in [4.69, 9.17) is 5.11 Å². The summed E-state index contributed by atoms with van der Waals surface area (Å²) in [4.78, 5) is 13.3. The maximum atomic E-state index is 11.0. The van der Waals surface area contributed by atoms with Crippen molar-refractivity contribution in [3.63, 3.8) is 0 Å². The summed E-state index contributed by atoms with van der Waals surface area (Å²) in [5.41, 5.74) is 2.49. The first-order valence-electron chi connectivity index (χ1n) is 6.80. The van der Waals surface area contributed by atoms with E-state index in [9.17, 15) is 4.79 Å². The highest BCUT2D eigenvalue weighted by atomic mass is 16.4. The lowest BCUT2D eigenvalue weighted by atomic mass is 10.0. The molecule has 2 unspecified atom stereocenters. The van der Waals surface area contributed by atoms with Gasteiger partial charge in [-0.25, -0.2) is 0 Å². The van der Waals surface area contributed by atoms with Gasteiger partial charge in [-0.1, -0.05) is 29.8 Å². The van der Waals surface area contributed by atoms with Crippen molar-refractivity contribution in [3.8, 4) is 0 Å². The fourth-order valence-electron chi connectivity index (χ4n) is 2.63. The minimum absolute atomic E-state index is 0.0718. The third kappa shape index (κ3) is 3.78. The van der Waals surface area contributed by atoms with Crippen LogP contribution in [0.1, 0.15) is 24.5 Å². The summed E-state index contributed by atoms with van der Waals surface area (Å²) in [6.07, 6.45) is 0.198. The second-order valence-electron chi connectivity index (χ2n) is 5.42. The van der Waals surface area contributed by atoms with Crippen molar-refractivity contribution in [2.45, 2.75) is 38.9 Å². The number of benzene rings is 1. The highest BCUT2D eigenvalue weighted by Crippen LogP contribution is 2.17. The number of piperazine rings is 1. The van der Waals surface area contributed by atoms with Crippen LogP contribution in [0.25, 0.3) is 0 Å². The lowest BCUT2D eigenvalue weighted by Crippen LogP contribution is -2.56. The molecule has 2 atom stereocenters. The number of aliphatic carboxylic acids is 1. The predicted molar refractivity (Wildman–Crippen MR) is 75.1 cm³/mol. The normalized spacial score (nSPS) is 24.3. The molecular formula is C15H22N2O2. The molecule has 1 fully saturated rings. The Morgan fingerprint density at radius 3 is 2.68 bits per heavy atom. The van der Waals surface area contributed by atoms with Crippen LogP contribution in [-0.4, -0.2) is 41.1 Å². The van der Waals surface area contributed by atoms with Gasteiger partial charge in [0, 0.05) is 31.7 Å². The summed E-state index contributed by atoms with van der Waals surface area (Å²) >= 11 is 0. The van der Waals surface area contributed by atoms with E-state index in [1.165, 1.54) is 11.1 Å². The molecule has 2 N–H and O–H groups in total. The van der Waals surface area contributed by atoms with Gasteiger partial charge in [-0.15, -0.1) is 0 Å². The van der Waals surface area contributed by atoms with Crippen LogP contribution in [0.5, 0.6) is 0 Å². The van der Waals surface area contributed by atoms with Crippen LogP contribution >= 0.6 is 0 Å². The van der Waals surface area contributed by atoms with E-state index < -0.39 is 5.97 Å². The molecule has 19 heavy (non-hydrogen) atoms. The molecule has 1 heterocycles. The van der Waals surface area contributed by atoms with Gasteiger partial charge in [-0.2, -0.15) is 0 Å². The van der Waals surface area contributed by atoms with Gasteiger partial charge in [-0.05, 0) is 19.4 Å². The van der Waals surface area contributed by atoms with Crippen LogP contribution in [0, 0.1) is 6.92 Å². The molecule has 4 heteroatoms. The SMILES string of the molecule is Cc1ccc(CN2C(C)CNCC2CC(=O)O)cc1. The van der Waals surface area contributed by atoms with Crippen molar-refractivity contribution in [1.29, 1.82) is 0 Å². The lowest BCUT2D eigenvalue weighted by molar-refractivity contribution is -0.139. The molecule has 2 rings (SSSR count). The van der Waals surface area contributed by atoms with Crippen molar-refractivity contribution < 1.29 is 9.90 Å². The largest absolute Gasteiger partial charge is 0.481 e. The standard InChI is InChI=1S/C15H22N2O2/c1-11-3-5-13(6-4-11)10-17-12(2)8-16-9-14(17)7-15(18)19/h3-6,12,14,16H,7-10H2,1-2H3,(H,18,19). The highest BCUT2D eigenvalue weighted by molar-refractivity contribution is 5.67. The topological polar surface area (TPSA) is 52.6 Å². The van der Waals surface area contributed by atoms with Gasteiger partial charge in [0.15, 0.2) is 0 Å². The first kappa shape index (κ1) is 14.0. The first-order valence-corrected chi connectivity index (χ1v) is 6.80. The Morgan fingerprint density at radius 1 is 1.37 bits per heavy atom. The quantitative estimate of drug-likeness (QED) is 0.866. The van der Waals surface area contributed by atoms with Gasteiger partial charge in [-0.3, -0.25) is 9.69 Å². The van der Waals surface area contributed by atoms with Crippen LogP contribution < -0.4 is 5.32 Å². The van der Waals surface area contributed by atoms with E-state index in [-0.39, 0.29) is 12.5 Å². The summed E-state index contributed by atoms with van der Waals surface area (Å²) in [6, 6.07) is 8.90. The number of nitrogens with zero attached hydrogens (tertiary/aromatic N) is 1. The van der Waals surface area contributed by atoms with Crippen LogP contribution in [-0.2, 0) is 11.3 Å². The summed E-state index contributed by atoms with van der Waals surface area (Å²) in [5.74, 6) is -0.727. The fraction of sp³-hybridized carbons (Fsp3) is 0.533. The summed E-state index contributed by atoms with van der Waals surface area (Å²) in [7, 11) is 0. The summed E-state index contributed by atoms with van der Waals surface area (Å²) < 4.78 is 0. The van der Waals surface area contributed by atoms with Gasteiger partial charge in [0.25, 0.3) is 0 Å². The van der Waals surface area contributed by atoms with E-state index in [2.05, 4.69) is 48.3 Å². The van der Waals surface area contributed by atoms with E-state index in [0.717, 1.165) is 19.6 Å². The summed E-state index contributed by atoms with van der Waals surface area (Å²) in [5, 5.41) is 12.3. The van der Waals surface area contributed by atoms with E-state index >= 15 is 0 Å². The summed E-state index contributed by atoms with van der Waals surface area (Å²) in [6.45, 7) is 6.71.